The van der Waals surface area contributed by atoms with Crippen LogP contribution in [0, 0.1) is 11.8 Å². The van der Waals surface area contributed by atoms with Crippen molar-refractivity contribution in [3.8, 4) is 0 Å². The molecule has 30 heavy (non-hydrogen) atoms. The fraction of sp³-hybridized carbons (Fsp3) is 0.478. The summed E-state index contributed by atoms with van der Waals surface area (Å²) >= 11 is 0. The molecule has 0 spiro atoms. The second-order valence-electron chi connectivity index (χ2n) is 8.10. The Morgan fingerprint density at radius 3 is 2.53 bits per heavy atom. The number of hydrogen-bond donors (Lipinski definition) is 3. The third-order valence-electron chi connectivity index (χ3n) is 5.56. The molecule has 0 unspecified atom stereocenters. The first kappa shape index (κ1) is 21.7. The van der Waals surface area contributed by atoms with E-state index in [1.165, 1.54) is 6.08 Å². The predicted molar refractivity (Wildman–Crippen MR) is 113 cm³/mol. The quantitative estimate of drug-likeness (QED) is 0.402. The van der Waals surface area contributed by atoms with Gasteiger partial charge in [-0.3, -0.25) is 14.4 Å². The van der Waals surface area contributed by atoms with Crippen LogP contribution < -0.4 is 16.0 Å². The van der Waals surface area contributed by atoms with Gasteiger partial charge in [0.05, 0.1) is 6.04 Å². The van der Waals surface area contributed by atoms with Crippen molar-refractivity contribution in [1.29, 1.82) is 0 Å². The average molecular weight is 412 g/mol. The molecule has 1 aliphatic carbocycles. The number of nitrogens with one attached hydrogen (secondary N) is 3. The molecule has 3 atom stereocenters. The number of rotatable bonds is 10. The fourth-order valence-corrected chi connectivity index (χ4v) is 3.67. The molecule has 2 fully saturated rings. The van der Waals surface area contributed by atoms with Crippen LogP contribution in [0.1, 0.15) is 44.1 Å². The molecule has 1 saturated heterocycles. The van der Waals surface area contributed by atoms with E-state index in [9.17, 15) is 19.2 Å². The lowest BCUT2D eigenvalue weighted by Gasteiger charge is -2.25. The summed E-state index contributed by atoms with van der Waals surface area (Å²) in [5.41, 5.74) is 0.891. The van der Waals surface area contributed by atoms with Gasteiger partial charge >= 0.3 is 0 Å². The first-order valence-electron chi connectivity index (χ1n) is 10.6. The Labute approximate surface area is 176 Å². The summed E-state index contributed by atoms with van der Waals surface area (Å²) in [5, 5.41) is 8.28. The molecule has 1 saturated carbocycles. The van der Waals surface area contributed by atoms with Crippen molar-refractivity contribution in [3.63, 3.8) is 0 Å². The molecular weight excluding hydrogens is 382 g/mol. The normalized spacial score (nSPS) is 20.8. The summed E-state index contributed by atoms with van der Waals surface area (Å²) in [6.07, 6.45) is 8.25. The zero-order valence-corrected chi connectivity index (χ0v) is 17.0. The third-order valence-corrected chi connectivity index (χ3v) is 5.56. The molecule has 1 heterocycles. The van der Waals surface area contributed by atoms with Crippen LogP contribution in [-0.4, -0.2) is 42.6 Å². The van der Waals surface area contributed by atoms with Gasteiger partial charge in [0.15, 0.2) is 0 Å². The lowest BCUT2D eigenvalue weighted by molar-refractivity contribution is -0.130. The number of benzene rings is 1. The molecule has 3 N–H and O–H groups in total. The van der Waals surface area contributed by atoms with Gasteiger partial charge in [-0.25, -0.2) is 0 Å². The molecule has 1 aromatic rings. The van der Waals surface area contributed by atoms with Crippen LogP contribution in [0.3, 0.4) is 0 Å². The van der Waals surface area contributed by atoms with E-state index < -0.39 is 12.1 Å². The SMILES string of the molecule is O=C[C@H](C[C@@H]1CCCNC1=O)NC(=O)[C@H](CC1CC1)NC(=O)/C=C/c1ccccc1. The van der Waals surface area contributed by atoms with Crippen molar-refractivity contribution in [2.45, 2.75) is 50.6 Å². The lowest BCUT2D eigenvalue weighted by Crippen LogP contribution is -2.51. The van der Waals surface area contributed by atoms with Gasteiger partial charge in [0.25, 0.3) is 0 Å². The Hall–Kier alpha value is -2.96. The van der Waals surface area contributed by atoms with Crippen molar-refractivity contribution < 1.29 is 19.2 Å². The molecular formula is C23H29N3O4. The van der Waals surface area contributed by atoms with E-state index in [1.54, 1.807) is 6.08 Å². The molecule has 0 aromatic heterocycles. The van der Waals surface area contributed by atoms with Gasteiger partial charge in [0, 0.05) is 18.5 Å². The Kier molecular flexibility index (Phi) is 7.76. The molecule has 7 nitrogen and oxygen atoms in total. The summed E-state index contributed by atoms with van der Waals surface area (Å²) < 4.78 is 0. The van der Waals surface area contributed by atoms with Gasteiger partial charge in [-0.1, -0.05) is 43.2 Å². The zero-order chi connectivity index (χ0) is 21.3. The van der Waals surface area contributed by atoms with Crippen LogP contribution in [0.4, 0.5) is 0 Å². The summed E-state index contributed by atoms with van der Waals surface area (Å²) in [7, 11) is 0. The maximum atomic E-state index is 12.8. The van der Waals surface area contributed by atoms with E-state index in [2.05, 4.69) is 16.0 Å². The molecule has 1 aromatic carbocycles. The highest BCUT2D eigenvalue weighted by Crippen LogP contribution is 2.33. The number of aldehydes is 1. The van der Waals surface area contributed by atoms with E-state index >= 15 is 0 Å². The zero-order valence-electron chi connectivity index (χ0n) is 17.0. The van der Waals surface area contributed by atoms with Crippen molar-refractivity contribution >= 4 is 30.1 Å². The predicted octanol–water partition coefficient (Wildman–Crippen LogP) is 1.58. The monoisotopic (exact) mass is 411 g/mol. The van der Waals surface area contributed by atoms with Crippen molar-refractivity contribution in [2.24, 2.45) is 11.8 Å². The fourth-order valence-electron chi connectivity index (χ4n) is 3.67. The van der Waals surface area contributed by atoms with Crippen LogP contribution in [0.25, 0.3) is 6.08 Å². The highest BCUT2D eigenvalue weighted by molar-refractivity contribution is 5.96. The van der Waals surface area contributed by atoms with Crippen LogP contribution in [0.2, 0.25) is 0 Å². The largest absolute Gasteiger partial charge is 0.356 e. The molecule has 0 radical (unpaired) electrons. The summed E-state index contributed by atoms with van der Waals surface area (Å²) in [4.78, 5) is 48.6. The van der Waals surface area contributed by atoms with Crippen molar-refractivity contribution in [3.05, 3.63) is 42.0 Å². The van der Waals surface area contributed by atoms with Crippen molar-refractivity contribution in [2.75, 3.05) is 6.54 Å². The van der Waals surface area contributed by atoms with Crippen molar-refractivity contribution in [1.82, 2.24) is 16.0 Å². The first-order chi connectivity index (χ1) is 14.5. The third kappa shape index (κ3) is 6.83. The van der Waals surface area contributed by atoms with E-state index in [4.69, 9.17) is 0 Å². The molecule has 3 amide bonds. The van der Waals surface area contributed by atoms with Crippen LogP contribution in [0.5, 0.6) is 0 Å². The van der Waals surface area contributed by atoms with Gasteiger partial charge in [0.2, 0.25) is 17.7 Å². The minimum Gasteiger partial charge on any atom is -0.356 e. The summed E-state index contributed by atoms with van der Waals surface area (Å²) in [6.45, 7) is 0.652. The maximum Gasteiger partial charge on any atom is 0.244 e. The maximum absolute atomic E-state index is 12.8. The molecule has 7 heteroatoms. The van der Waals surface area contributed by atoms with Gasteiger partial charge in [-0.05, 0) is 43.2 Å². The topological polar surface area (TPSA) is 104 Å². The van der Waals surface area contributed by atoms with Gasteiger partial charge in [0.1, 0.15) is 12.3 Å². The second kappa shape index (κ2) is 10.7. The first-order valence-corrected chi connectivity index (χ1v) is 10.6. The smallest absolute Gasteiger partial charge is 0.244 e. The lowest BCUT2D eigenvalue weighted by atomic mass is 9.92. The number of hydrogen-bond acceptors (Lipinski definition) is 4. The Morgan fingerprint density at radius 1 is 1.10 bits per heavy atom. The van der Waals surface area contributed by atoms with E-state index in [-0.39, 0.29) is 30.1 Å². The standard InChI is InChI=1S/C23H29N3O4/c27-15-19(14-18-7-4-12-24-22(18)29)25-23(30)20(13-17-8-9-17)26-21(28)11-10-16-5-2-1-3-6-16/h1-3,5-6,10-11,15,17-20H,4,7-9,12-14H2,(H,24,29)(H,25,30)(H,26,28)/b11-10+/t18-,19-,20-/m0/s1. The van der Waals surface area contributed by atoms with Crippen LogP contribution >= 0.6 is 0 Å². The minimum atomic E-state index is -0.746. The Balaban J connectivity index is 1.57. The molecule has 1 aliphatic heterocycles. The molecule has 3 rings (SSSR count). The highest BCUT2D eigenvalue weighted by Gasteiger charge is 2.32. The molecule has 160 valence electrons. The number of carbonyl (C=O) groups is 4. The molecule has 0 bridgehead atoms. The van der Waals surface area contributed by atoms with Gasteiger partial charge < -0.3 is 20.7 Å². The highest BCUT2D eigenvalue weighted by atomic mass is 16.2. The van der Waals surface area contributed by atoms with E-state index in [0.717, 1.165) is 24.8 Å². The number of carbonyl (C=O) groups excluding carboxylic acids is 4. The summed E-state index contributed by atoms with van der Waals surface area (Å²) in [6, 6.07) is 7.98. The number of amides is 3. The summed E-state index contributed by atoms with van der Waals surface area (Å²) in [5.74, 6) is -0.667. The van der Waals surface area contributed by atoms with Gasteiger partial charge in [-0.2, -0.15) is 0 Å². The van der Waals surface area contributed by atoms with E-state index in [0.29, 0.717) is 31.6 Å². The average Bonchev–Trinajstić information content (AvgIpc) is 3.57. The van der Waals surface area contributed by atoms with Crippen LogP contribution in [-0.2, 0) is 19.2 Å². The molecule has 2 aliphatic rings. The van der Waals surface area contributed by atoms with E-state index in [1.807, 2.05) is 30.3 Å². The van der Waals surface area contributed by atoms with Gasteiger partial charge in [-0.15, -0.1) is 0 Å². The minimum absolute atomic E-state index is 0.0729. The Morgan fingerprint density at radius 2 is 1.87 bits per heavy atom. The number of piperidine rings is 1. The Bertz CT molecular complexity index is 789. The van der Waals surface area contributed by atoms with Crippen LogP contribution in [0.15, 0.2) is 36.4 Å². The second-order valence-corrected chi connectivity index (χ2v) is 8.10.